The fraction of sp³-hybridized carbons (Fsp3) is 1.00. The lowest BCUT2D eigenvalue weighted by Gasteiger charge is -2.26. The second-order valence-electron chi connectivity index (χ2n) is 2.91. The molecule has 3 heteroatoms. The van der Waals surface area contributed by atoms with Crippen molar-refractivity contribution in [3.63, 3.8) is 0 Å². The number of likely N-dealkylation sites (N-methyl/N-ethyl adjacent to an activating group) is 1. The first-order valence-corrected chi connectivity index (χ1v) is 4.78. The van der Waals surface area contributed by atoms with E-state index >= 15 is 0 Å². The van der Waals surface area contributed by atoms with Gasteiger partial charge in [0.2, 0.25) is 0 Å². The van der Waals surface area contributed by atoms with Crippen molar-refractivity contribution in [3.05, 3.63) is 0 Å². The molecule has 12 heavy (non-hydrogen) atoms. The van der Waals surface area contributed by atoms with E-state index in [0.29, 0.717) is 6.04 Å². The first-order chi connectivity index (χ1) is 5.76. The van der Waals surface area contributed by atoms with E-state index in [1.165, 1.54) is 0 Å². The van der Waals surface area contributed by atoms with Crippen molar-refractivity contribution in [2.45, 2.75) is 26.8 Å². The van der Waals surface area contributed by atoms with Crippen LogP contribution in [0.15, 0.2) is 0 Å². The van der Waals surface area contributed by atoms with Crippen LogP contribution in [0.2, 0.25) is 0 Å². The molecule has 0 aliphatic heterocycles. The second-order valence-corrected chi connectivity index (χ2v) is 2.91. The molecule has 0 aliphatic rings. The second kappa shape index (κ2) is 7.53. The summed E-state index contributed by atoms with van der Waals surface area (Å²) in [5.41, 5.74) is 5.57. The van der Waals surface area contributed by atoms with Crippen LogP contribution >= 0.6 is 0 Å². The molecule has 3 nitrogen and oxygen atoms in total. The highest BCUT2D eigenvalue weighted by atomic mass is 16.5. The van der Waals surface area contributed by atoms with Gasteiger partial charge in [-0.15, -0.1) is 0 Å². The maximum Gasteiger partial charge on any atom is 0.0593 e. The number of ether oxygens (including phenoxy) is 1. The Morgan fingerprint density at radius 1 is 1.42 bits per heavy atom. The van der Waals surface area contributed by atoms with Crippen LogP contribution in [0.1, 0.15) is 20.8 Å². The predicted octanol–water partition coefficient (Wildman–Crippen LogP) is 0.692. The molecule has 0 saturated carbocycles. The monoisotopic (exact) mass is 174 g/mol. The molecular formula is C9H22N2O. The Balaban J connectivity index is 3.52. The molecular weight excluding hydrogens is 152 g/mol. The summed E-state index contributed by atoms with van der Waals surface area (Å²) in [4.78, 5) is 2.33. The molecule has 2 N–H and O–H groups in total. The van der Waals surface area contributed by atoms with Crippen LogP contribution in [0.25, 0.3) is 0 Å². The SMILES string of the molecule is CCOCCN(CC)C(C)CN. The molecule has 1 unspecified atom stereocenters. The number of rotatable bonds is 7. The maximum absolute atomic E-state index is 5.57. The van der Waals surface area contributed by atoms with Crippen LogP contribution in [0.4, 0.5) is 0 Å². The predicted molar refractivity (Wildman–Crippen MR) is 52.3 cm³/mol. The minimum atomic E-state index is 0.468. The lowest BCUT2D eigenvalue weighted by Crippen LogP contribution is -2.40. The van der Waals surface area contributed by atoms with Crippen LogP contribution in [0, 0.1) is 0 Å². The topological polar surface area (TPSA) is 38.5 Å². The van der Waals surface area contributed by atoms with Gasteiger partial charge in [-0.2, -0.15) is 0 Å². The molecule has 0 spiro atoms. The van der Waals surface area contributed by atoms with Gasteiger partial charge in [0.15, 0.2) is 0 Å². The van der Waals surface area contributed by atoms with Crippen LogP contribution in [-0.2, 0) is 4.74 Å². The molecule has 0 fully saturated rings. The third-order valence-electron chi connectivity index (χ3n) is 2.10. The average molecular weight is 174 g/mol. The Hall–Kier alpha value is -0.120. The van der Waals surface area contributed by atoms with Gasteiger partial charge in [0, 0.05) is 25.7 Å². The van der Waals surface area contributed by atoms with Gasteiger partial charge in [-0.25, -0.2) is 0 Å². The lowest BCUT2D eigenvalue weighted by atomic mass is 10.3. The minimum absolute atomic E-state index is 0.468. The smallest absolute Gasteiger partial charge is 0.0593 e. The van der Waals surface area contributed by atoms with Gasteiger partial charge in [-0.05, 0) is 20.4 Å². The van der Waals surface area contributed by atoms with Crippen molar-refractivity contribution in [2.75, 3.05) is 32.8 Å². The van der Waals surface area contributed by atoms with Gasteiger partial charge in [0.05, 0.1) is 6.61 Å². The summed E-state index contributed by atoms with van der Waals surface area (Å²) in [7, 11) is 0. The first-order valence-electron chi connectivity index (χ1n) is 4.78. The van der Waals surface area contributed by atoms with Crippen molar-refractivity contribution in [1.82, 2.24) is 4.90 Å². The minimum Gasteiger partial charge on any atom is -0.380 e. The molecule has 0 saturated heterocycles. The van der Waals surface area contributed by atoms with Crippen LogP contribution in [0.3, 0.4) is 0 Å². The highest BCUT2D eigenvalue weighted by Crippen LogP contribution is 1.95. The summed E-state index contributed by atoms with van der Waals surface area (Å²) >= 11 is 0. The van der Waals surface area contributed by atoms with Gasteiger partial charge >= 0.3 is 0 Å². The number of nitrogens with two attached hydrogens (primary N) is 1. The number of nitrogens with zero attached hydrogens (tertiary/aromatic N) is 1. The van der Waals surface area contributed by atoms with Crippen molar-refractivity contribution in [1.29, 1.82) is 0 Å². The van der Waals surface area contributed by atoms with Crippen molar-refractivity contribution in [2.24, 2.45) is 5.73 Å². The molecule has 0 bridgehead atoms. The quantitative estimate of drug-likeness (QED) is 0.577. The Kier molecular flexibility index (Phi) is 7.45. The summed E-state index contributed by atoms with van der Waals surface area (Å²) in [5.74, 6) is 0. The zero-order chi connectivity index (χ0) is 9.40. The average Bonchev–Trinajstić information content (AvgIpc) is 2.11. The molecule has 0 aromatic rings. The number of hydrogen-bond acceptors (Lipinski definition) is 3. The normalized spacial score (nSPS) is 13.8. The zero-order valence-electron chi connectivity index (χ0n) is 8.55. The lowest BCUT2D eigenvalue weighted by molar-refractivity contribution is 0.102. The molecule has 1 atom stereocenters. The largest absolute Gasteiger partial charge is 0.380 e. The highest BCUT2D eigenvalue weighted by molar-refractivity contribution is 4.65. The van der Waals surface area contributed by atoms with Crippen LogP contribution in [0.5, 0.6) is 0 Å². The summed E-state index contributed by atoms with van der Waals surface area (Å²) in [6.45, 7) is 10.7. The van der Waals surface area contributed by atoms with E-state index < -0.39 is 0 Å². The molecule has 0 heterocycles. The Bertz CT molecular complexity index is 98.5. The molecule has 74 valence electrons. The van der Waals surface area contributed by atoms with Gasteiger partial charge in [0.25, 0.3) is 0 Å². The van der Waals surface area contributed by atoms with Gasteiger partial charge < -0.3 is 10.5 Å². The summed E-state index contributed by atoms with van der Waals surface area (Å²) in [6, 6.07) is 0.468. The third-order valence-corrected chi connectivity index (χ3v) is 2.10. The van der Waals surface area contributed by atoms with E-state index in [4.69, 9.17) is 10.5 Å². The Morgan fingerprint density at radius 3 is 2.50 bits per heavy atom. The standard InChI is InChI=1S/C9H22N2O/c1-4-11(9(3)8-10)6-7-12-5-2/h9H,4-8,10H2,1-3H3. The van der Waals surface area contributed by atoms with Crippen LogP contribution < -0.4 is 5.73 Å². The van der Waals surface area contributed by atoms with E-state index in [0.717, 1.165) is 32.8 Å². The van der Waals surface area contributed by atoms with Crippen molar-refractivity contribution < 1.29 is 4.74 Å². The van der Waals surface area contributed by atoms with E-state index in [1.807, 2.05) is 6.92 Å². The molecule has 0 rings (SSSR count). The van der Waals surface area contributed by atoms with E-state index in [-0.39, 0.29) is 0 Å². The highest BCUT2D eigenvalue weighted by Gasteiger charge is 2.08. The molecule has 0 radical (unpaired) electrons. The van der Waals surface area contributed by atoms with Crippen LogP contribution in [-0.4, -0.2) is 43.8 Å². The summed E-state index contributed by atoms with van der Waals surface area (Å²) in [5, 5.41) is 0. The first kappa shape index (κ1) is 11.9. The molecule has 0 aliphatic carbocycles. The molecule has 0 amide bonds. The van der Waals surface area contributed by atoms with E-state index in [9.17, 15) is 0 Å². The molecule has 0 aromatic heterocycles. The van der Waals surface area contributed by atoms with E-state index in [1.54, 1.807) is 0 Å². The van der Waals surface area contributed by atoms with Gasteiger partial charge in [-0.1, -0.05) is 6.92 Å². The fourth-order valence-electron chi connectivity index (χ4n) is 1.17. The van der Waals surface area contributed by atoms with E-state index in [2.05, 4.69) is 18.7 Å². The van der Waals surface area contributed by atoms with Gasteiger partial charge in [-0.3, -0.25) is 4.90 Å². The Labute approximate surface area is 75.9 Å². The summed E-state index contributed by atoms with van der Waals surface area (Å²) < 4.78 is 5.28. The number of hydrogen-bond donors (Lipinski definition) is 1. The zero-order valence-corrected chi connectivity index (χ0v) is 8.55. The van der Waals surface area contributed by atoms with Crippen molar-refractivity contribution >= 4 is 0 Å². The fourth-order valence-corrected chi connectivity index (χ4v) is 1.17. The maximum atomic E-state index is 5.57. The molecule has 0 aromatic carbocycles. The third kappa shape index (κ3) is 4.70. The van der Waals surface area contributed by atoms with Gasteiger partial charge in [0.1, 0.15) is 0 Å². The van der Waals surface area contributed by atoms with Crippen molar-refractivity contribution in [3.8, 4) is 0 Å². The summed E-state index contributed by atoms with van der Waals surface area (Å²) in [6.07, 6.45) is 0. The Morgan fingerprint density at radius 2 is 2.08 bits per heavy atom.